The van der Waals surface area contributed by atoms with E-state index in [0.717, 1.165) is 0 Å². The first-order valence-corrected chi connectivity index (χ1v) is 7.54. The smallest absolute Gasteiger partial charge is 0.261 e. The van der Waals surface area contributed by atoms with Gasteiger partial charge in [0.15, 0.2) is 5.78 Å². The highest BCUT2D eigenvalue weighted by Crippen LogP contribution is 2.17. The van der Waals surface area contributed by atoms with Crippen LogP contribution >= 0.6 is 22.9 Å². The second-order valence-corrected chi connectivity index (χ2v) is 5.88. The molecule has 1 atom stereocenters. The molecule has 2 aromatic rings. The molecule has 1 heterocycles. The molecule has 2 rings (SSSR count). The maximum absolute atomic E-state index is 11.9. The number of carbonyl (C=O) groups excluding carboxylic acids is 2. The lowest BCUT2D eigenvalue weighted by Gasteiger charge is -2.11. The summed E-state index contributed by atoms with van der Waals surface area (Å²) in [4.78, 5) is 23.6. The SMILES string of the molecule is CC(=O)c1csc(C(=O)NCC(O)c2ccc(Cl)cc2)c1. The summed E-state index contributed by atoms with van der Waals surface area (Å²) in [6, 6.07) is 8.33. The average Bonchev–Trinajstić information content (AvgIpc) is 2.95. The van der Waals surface area contributed by atoms with E-state index in [0.29, 0.717) is 21.0 Å². The first kappa shape index (κ1) is 15.7. The fourth-order valence-corrected chi connectivity index (χ4v) is 2.71. The molecule has 0 saturated carbocycles. The fourth-order valence-electron chi connectivity index (χ4n) is 1.72. The molecule has 4 nitrogen and oxygen atoms in total. The molecule has 110 valence electrons. The van der Waals surface area contributed by atoms with E-state index in [-0.39, 0.29) is 18.2 Å². The number of carbonyl (C=O) groups is 2. The van der Waals surface area contributed by atoms with Gasteiger partial charge in [-0.15, -0.1) is 11.3 Å². The zero-order valence-corrected chi connectivity index (χ0v) is 12.9. The number of rotatable bonds is 5. The zero-order valence-electron chi connectivity index (χ0n) is 11.3. The number of benzene rings is 1. The molecule has 1 unspecified atom stereocenters. The number of aliphatic hydroxyl groups excluding tert-OH is 1. The number of thiophene rings is 1. The maximum Gasteiger partial charge on any atom is 0.261 e. The number of hydrogen-bond donors (Lipinski definition) is 2. The maximum atomic E-state index is 11.9. The molecule has 0 radical (unpaired) electrons. The van der Waals surface area contributed by atoms with Crippen molar-refractivity contribution in [1.82, 2.24) is 5.32 Å². The minimum absolute atomic E-state index is 0.0773. The zero-order chi connectivity index (χ0) is 15.4. The highest BCUT2D eigenvalue weighted by molar-refractivity contribution is 7.12. The van der Waals surface area contributed by atoms with Crippen LogP contribution in [0.2, 0.25) is 5.02 Å². The molecule has 0 aliphatic heterocycles. The van der Waals surface area contributed by atoms with E-state index in [4.69, 9.17) is 11.6 Å². The fraction of sp³-hybridized carbons (Fsp3) is 0.200. The summed E-state index contributed by atoms with van der Waals surface area (Å²) in [6.45, 7) is 1.54. The molecule has 0 aliphatic carbocycles. The van der Waals surface area contributed by atoms with Crippen molar-refractivity contribution in [3.05, 3.63) is 56.7 Å². The first-order chi connectivity index (χ1) is 9.97. The van der Waals surface area contributed by atoms with Crippen LogP contribution in [-0.2, 0) is 0 Å². The lowest BCUT2D eigenvalue weighted by atomic mass is 10.1. The van der Waals surface area contributed by atoms with Gasteiger partial charge in [0.25, 0.3) is 5.91 Å². The number of halogens is 1. The number of nitrogens with one attached hydrogen (secondary N) is 1. The van der Waals surface area contributed by atoms with Crippen molar-refractivity contribution in [1.29, 1.82) is 0 Å². The standard InChI is InChI=1S/C15H14ClNO3S/c1-9(18)11-6-14(21-8-11)15(20)17-7-13(19)10-2-4-12(16)5-3-10/h2-6,8,13,19H,7H2,1H3,(H,17,20). The lowest BCUT2D eigenvalue weighted by Crippen LogP contribution is -2.27. The van der Waals surface area contributed by atoms with Crippen LogP contribution in [0.3, 0.4) is 0 Å². The molecule has 0 spiro atoms. The Balaban J connectivity index is 1.93. The van der Waals surface area contributed by atoms with Crippen molar-refractivity contribution in [2.45, 2.75) is 13.0 Å². The Bertz CT molecular complexity index is 651. The molecular formula is C15H14ClNO3S. The number of aliphatic hydroxyl groups is 1. The molecule has 0 bridgehead atoms. The molecule has 1 amide bonds. The summed E-state index contributed by atoms with van der Waals surface area (Å²) >= 11 is 6.98. The lowest BCUT2D eigenvalue weighted by molar-refractivity contribution is 0.0920. The third-order valence-electron chi connectivity index (χ3n) is 2.94. The summed E-state index contributed by atoms with van der Waals surface area (Å²) in [7, 11) is 0. The predicted molar refractivity (Wildman–Crippen MR) is 83.1 cm³/mol. The molecule has 6 heteroatoms. The van der Waals surface area contributed by atoms with Gasteiger partial charge in [-0.25, -0.2) is 0 Å². The second kappa shape index (κ2) is 6.85. The summed E-state index contributed by atoms with van der Waals surface area (Å²) in [5, 5.41) is 14.9. The number of ketones is 1. The van der Waals surface area contributed by atoms with E-state index < -0.39 is 6.10 Å². The van der Waals surface area contributed by atoms with E-state index in [1.54, 1.807) is 35.7 Å². The van der Waals surface area contributed by atoms with Crippen LogP contribution < -0.4 is 5.32 Å². The Kier molecular flexibility index (Phi) is 5.12. The van der Waals surface area contributed by atoms with Crippen molar-refractivity contribution in [2.75, 3.05) is 6.54 Å². The number of amides is 1. The normalized spacial score (nSPS) is 12.0. The summed E-state index contributed by atoms with van der Waals surface area (Å²) in [5.74, 6) is -0.382. The highest BCUT2D eigenvalue weighted by atomic mass is 35.5. The number of Topliss-reactive ketones (excluding diaryl/α,β-unsaturated/α-hetero) is 1. The van der Waals surface area contributed by atoms with Gasteiger partial charge in [-0.1, -0.05) is 23.7 Å². The summed E-state index contributed by atoms with van der Waals surface area (Å²) in [5.41, 5.74) is 1.19. The quantitative estimate of drug-likeness (QED) is 0.831. The molecule has 0 fully saturated rings. The van der Waals surface area contributed by atoms with Crippen LogP contribution in [0.25, 0.3) is 0 Å². The van der Waals surface area contributed by atoms with E-state index in [9.17, 15) is 14.7 Å². The van der Waals surface area contributed by atoms with Gasteiger partial charge in [-0.3, -0.25) is 9.59 Å². The third kappa shape index (κ3) is 4.14. The van der Waals surface area contributed by atoms with Crippen molar-refractivity contribution in [2.24, 2.45) is 0 Å². The van der Waals surface area contributed by atoms with Gasteiger partial charge in [0.2, 0.25) is 0 Å². The van der Waals surface area contributed by atoms with Gasteiger partial charge in [-0.05, 0) is 30.7 Å². The van der Waals surface area contributed by atoms with Crippen molar-refractivity contribution < 1.29 is 14.7 Å². The van der Waals surface area contributed by atoms with Crippen LogP contribution in [-0.4, -0.2) is 23.3 Å². The van der Waals surface area contributed by atoms with Gasteiger partial charge in [0, 0.05) is 22.5 Å². The highest BCUT2D eigenvalue weighted by Gasteiger charge is 2.13. The van der Waals surface area contributed by atoms with Gasteiger partial charge < -0.3 is 10.4 Å². The minimum atomic E-state index is -0.807. The van der Waals surface area contributed by atoms with Crippen LogP contribution in [0.4, 0.5) is 0 Å². The largest absolute Gasteiger partial charge is 0.387 e. The van der Waals surface area contributed by atoms with Gasteiger partial charge in [0.05, 0.1) is 11.0 Å². The predicted octanol–water partition coefficient (Wildman–Crippen LogP) is 3.07. The Labute approximate surface area is 131 Å². The van der Waals surface area contributed by atoms with Gasteiger partial charge >= 0.3 is 0 Å². The van der Waals surface area contributed by atoms with E-state index in [2.05, 4.69) is 5.32 Å². The van der Waals surface area contributed by atoms with Gasteiger partial charge in [0.1, 0.15) is 0 Å². The molecule has 0 aliphatic rings. The molecule has 1 aromatic carbocycles. The topological polar surface area (TPSA) is 66.4 Å². The third-order valence-corrected chi connectivity index (χ3v) is 4.12. The van der Waals surface area contributed by atoms with Crippen molar-refractivity contribution in [3.63, 3.8) is 0 Å². The minimum Gasteiger partial charge on any atom is -0.387 e. The monoisotopic (exact) mass is 323 g/mol. The molecule has 0 saturated heterocycles. The van der Waals surface area contributed by atoms with Crippen LogP contribution in [0.5, 0.6) is 0 Å². The molecule has 1 aromatic heterocycles. The Morgan fingerprint density at radius 3 is 2.57 bits per heavy atom. The van der Waals surface area contributed by atoms with Crippen LogP contribution in [0.15, 0.2) is 35.7 Å². The average molecular weight is 324 g/mol. The van der Waals surface area contributed by atoms with Crippen molar-refractivity contribution >= 4 is 34.6 Å². The Hall–Kier alpha value is -1.69. The van der Waals surface area contributed by atoms with Crippen LogP contribution in [0.1, 0.15) is 38.6 Å². The van der Waals surface area contributed by atoms with Gasteiger partial charge in [-0.2, -0.15) is 0 Å². The molecular weight excluding hydrogens is 310 g/mol. The Morgan fingerprint density at radius 2 is 2.00 bits per heavy atom. The van der Waals surface area contributed by atoms with E-state index in [1.807, 2.05) is 0 Å². The van der Waals surface area contributed by atoms with E-state index in [1.165, 1.54) is 18.3 Å². The summed E-state index contributed by atoms with van der Waals surface area (Å²) in [6.07, 6.45) is -0.807. The van der Waals surface area contributed by atoms with E-state index >= 15 is 0 Å². The molecule has 2 N–H and O–H groups in total. The molecule has 21 heavy (non-hydrogen) atoms. The van der Waals surface area contributed by atoms with Crippen molar-refractivity contribution in [3.8, 4) is 0 Å². The second-order valence-electron chi connectivity index (χ2n) is 4.53. The Morgan fingerprint density at radius 1 is 1.33 bits per heavy atom. The number of hydrogen-bond acceptors (Lipinski definition) is 4. The summed E-state index contributed by atoms with van der Waals surface area (Å²) < 4.78 is 0. The van der Waals surface area contributed by atoms with Crippen LogP contribution in [0, 0.1) is 0 Å². The first-order valence-electron chi connectivity index (χ1n) is 6.28.